The van der Waals surface area contributed by atoms with E-state index in [0.717, 1.165) is 17.6 Å². The van der Waals surface area contributed by atoms with Crippen LogP contribution in [0, 0.1) is 0 Å². The van der Waals surface area contributed by atoms with Crippen molar-refractivity contribution in [2.75, 3.05) is 19.6 Å². The summed E-state index contributed by atoms with van der Waals surface area (Å²) in [6.07, 6.45) is 0. The molecule has 0 spiro atoms. The third-order valence-electron chi connectivity index (χ3n) is 3.02. The van der Waals surface area contributed by atoms with Gasteiger partial charge in [-0.25, -0.2) is 0 Å². The smallest absolute Gasteiger partial charge is 0.236 e. The van der Waals surface area contributed by atoms with Crippen LogP contribution in [0.5, 0.6) is 0 Å². The highest BCUT2D eigenvalue weighted by atomic mass is 79.9. The number of rotatable bonds is 6. The molecular formula is C14H21BrN2O. The Bertz CT molecular complexity index is 391. The standard InChI is InChI=1S/C14H21BrN2O/c1-4-17(5-2)14(18)10-16-11(3)12-7-6-8-13(15)9-12/h6-9,11,16H,4-5,10H2,1-3H3. The fourth-order valence-corrected chi connectivity index (χ4v) is 2.24. The van der Waals surface area contributed by atoms with Crippen LogP contribution in [-0.2, 0) is 4.79 Å². The molecule has 0 bridgehead atoms. The summed E-state index contributed by atoms with van der Waals surface area (Å²) < 4.78 is 1.06. The van der Waals surface area contributed by atoms with Crippen LogP contribution in [0.25, 0.3) is 0 Å². The first kappa shape index (κ1) is 15.2. The van der Waals surface area contributed by atoms with E-state index in [1.165, 1.54) is 5.56 Å². The summed E-state index contributed by atoms with van der Waals surface area (Å²) in [4.78, 5) is 13.7. The molecule has 1 rings (SSSR count). The second kappa shape index (κ2) is 7.54. The van der Waals surface area contributed by atoms with Gasteiger partial charge < -0.3 is 10.2 Å². The number of nitrogens with one attached hydrogen (secondary N) is 1. The van der Waals surface area contributed by atoms with Gasteiger partial charge in [0, 0.05) is 23.6 Å². The number of hydrogen-bond donors (Lipinski definition) is 1. The van der Waals surface area contributed by atoms with Crippen molar-refractivity contribution >= 4 is 21.8 Å². The van der Waals surface area contributed by atoms with Crippen LogP contribution in [0.3, 0.4) is 0 Å². The molecule has 1 aromatic rings. The van der Waals surface area contributed by atoms with Crippen LogP contribution in [0.15, 0.2) is 28.7 Å². The minimum absolute atomic E-state index is 0.154. The van der Waals surface area contributed by atoms with Crippen molar-refractivity contribution in [1.29, 1.82) is 0 Å². The molecule has 1 amide bonds. The molecule has 0 fully saturated rings. The lowest BCUT2D eigenvalue weighted by Gasteiger charge is -2.21. The van der Waals surface area contributed by atoms with Crippen LogP contribution in [0.4, 0.5) is 0 Å². The summed E-state index contributed by atoms with van der Waals surface area (Å²) in [5, 5.41) is 3.26. The zero-order valence-corrected chi connectivity index (χ0v) is 12.8. The van der Waals surface area contributed by atoms with E-state index >= 15 is 0 Å². The maximum atomic E-state index is 11.9. The van der Waals surface area contributed by atoms with E-state index in [9.17, 15) is 4.79 Å². The minimum atomic E-state index is 0.154. The van der Waals surface area contributed by atoms with Crippen molar-refractivity contribution in [3.8, 4) is 0 Å². The Morgan fingerprint density at radius 3 is 2.61 bits per heavy atom. The van der Waals surface area contributed by atoms with Gasteiger partial charge >= 0.3 is 0 Å². The number of amides is 1. The molecule has 1 aromatic carbocycles. The SMILES string of the molecule is CCN(CC)C(=O)CNC(C)c1cccc(Br)c1. The molecule has 3 nitrogen and oxygen atoms in total. The first-order chi connectivity index (χ1) is 8.58. The Morgan fingerprint density at radius 2 is 2.06 bits per heavy atom. The van der Waals surface area contributed by atoms with Crippen LogP contribution in [0.2, 0.25) is 0 Å². The maximum Gasteiger partial charge on any atom is 0.236 e. The Morgan fingerprint density at radius 1 is 1.39 bits per heavy atom. The average Bonchev–Trinajstić information content (AvgIpc) is 2.37. The van der Waals surface area contributed by atoms with Gasteiger partial charge in [-0.2, -0.15) is 0 Å². The molecule has 100 valence electrons. The van der Waals surface area contributed by atoms with Gasteiger partial charge in [-0.1, -0.05) is 28.1 Å². The Labute approximate surface area is 118 Å². The van der Waals surface area contributed by atoms with Gasteiger partial charge in [0.25, 0.3) is 0 Å². The fraction of sp³-hybridized carbons (Fsp3) is 0.500. The number of nitrogens with zero attached hydrogens (tertiary/aromatic N) is 1. The number of hydrogen-bond acceptors (Lipinski definition) is 2. The van der Waals surface area contributed by atoms with Gasteiger partial charge in [-0.05, 0) is 38.5 Å². The van der Waals surface area contributed by atoms with Crippen molar-refractivity contribution in [2.45, 2.75) is 26.8 Å². The van der Waals surface area contributed by atoms with Crippen LogP contribution >= 0.6 is 15.9 Å². The summed E-state index contributed by atoms with van der Waals surface area (Å²) in [7, 11) is 0. The number of carbonyl (C=O) groups is 1. The van der Waals surface area contributed by atoms with Crippen LogP contribution in [-0.4, -0.2) is 30.4 Å². The average molecular weight is 313 g/mol. The molecular weight excluding hydrogens is 292 g/mol. The Balaban J connectivity index is 2.51. The van der Waals surface area contributed by atoms with E-state index in [0.29, 0.717) is 6.54 Å². The van der Waals surface area contributed by atoms with Crippen LogP contribution < -0.4 is 5.32 Å². The minimum Gasteiger partial charge on any atom is -0.342 e. The topological polar surface area (TPSA) is 32.3 Å². The highest BCUT2D eigenvalue weighted by Gasteiger charge is 2.11. The van der Waals surface area contributed by atoms with E-state index in [1.54, 1.807) is 0 Å². The molecule has 1 unspecified atom stereocenters. The molecule has 0 saturated heterocycles. The fourth-order valence-electron chi connectivity index (χ4n) is 1.82. The Kier molecular flexibility index (Phi) is 6.36. The summed E-state index contributed by atoms with van der Waals surface area (Å²) in [6, 6.07) is 8.30. The first-order valence-electron chi connectivity index (χ1n) is 6.35. The predicted octanol–water partition coefficient (Wildman–Crippen LogP) is 2.97. The monoisotopic (exact) mass is 312 g/mol. The number of halogens is 1. The zero-order chi connectivity index (χ0) is 13.5. The van der Waals surface area contributed by atoms with Crippen molar-refractivity contribution in [3.63, 3.8) is 0 Å². The van der Waals surface area contributed by atoms with Crippen molar-refractivity contribution < 1.29 is 4.79 Å². The molecule has 0 saturated carbocycles. The van der Waals surface area contributed by atoms with Gasteiger partial charge in [-0.3, -0.25) is 4.79 Å². The largest absolute Gasteiger partial charge is 0.342 e. The third-order valence-corrected chi connectivity index (χ3v) is 3.52. The Hall–Kier alpha value is -0.870. The van der Waals surface area contributed by atoms with Gasteiger partial charge in [0.15, 0.2) is 0 Å². The van der Waals surface area contributed by atoms with Gasteiger partial charge in [-0.15, -0.1) is 0 Å². The summed E-state index contributed by atoms with van der Waals surface area (Å²) in [6.45, 7) is 7.98. The van der Waals surface area contributed by atoms with E-state index in [1.807, 2.05) is 30.9 Å². The lowest BCUT2D eigenvalue weighted by atomic mass is 10.1. The molecule has 0 aliphatic rings. The highest BCUT2D eigenvalue weighted by molar-refractivity contribution is 9.10. The molecule has 0 heterocycles. The molecule has 0 aliphatic carbocycles. The molecule has 18 heavy (non-hydrogen) atoms. The lowest BCUT2D eigenvalue weighted by molar-refractivity contribution is -0.129. The highest BCUT2D eigenvalue weighted by Crippen LogP contribution is 2.17. The second-order valence-corrected chi connectivity index (χ2v) is 5.14. The number of carbonyl (C=O) groups excluding carboxylic acids is 1. The van der Waals surface area contributed by atoms with Crippen LogP contribution in [0.1, 0.15) is 32.4 Å². The van der Waals surface area contributed by atoms with Crippen molar-refractivity contribution in [3.05, 3.63) is 34.3 Å². The predicted molar refractivity (Wildman–Crippen MR) is 78.5 cm³/mol. The molecule has 1 atom stereocenters. The zero-order valence-electron chi connectivity index (χ0n) is 11.2. The van der Waals surface area contributed by atoms with Gasteiger partial charge in [0.2, 0.25) is 5.91 Å². The summed E-state index contributed by atoms with van der Waals surface area (Å²) in [5.41, 5.74) is 1.18. The summed E-state index contributed by atoms with van der Waals surface area (Å²) in [5.74, 6) is 0.154. The van der Waals surface area contributed by atoms with Gasteiger partial charge in [0.1, 0.15) is 0 Å². The molecule has 4 heteroatoms. The molecule has 0 aliphatic heterocycles. The van der Waals surface area contributed by atoms with Crippen molar-refractivity contribution in [1.82, 2.24) is 10.2 Å². The van der Waals surface area contributed by atoms with E-state index in [2.05, 4.69) is 40.3 Å². The maximum absolute atomic E-state index is 11.9. The quantitative estimate of drug-likeness (QED) is 0.876. The van der Waals surface area contributed by atoms with E-state index in [-0.39, 0.29) is 11.9 Å². The number of benzene rings is 1. The normalized spacial score (nSPS) is 12.2. The van der Waals surface area contributed by atoms with Gasteiger partial charge in [0.05, 0.1) is 6.54 Å². The molecule has 0 aromatic heterocycles. The summed E-state index contributed by atoms with van der Waals surface area (Å²) >= 11 is 3.45. The van der Waals surface area contributed by atoms with E-state index < -0.39 is 0 Å². The number of likely N-dealkylation sites (N-methyl/N-ethyl adjacent to an activating group) is 1. The van der Waals surface area contributed by atoms with Crippen molar-refractivity contribution in [2.24, 2.45) is 0 Å². The second-order valence-electron chi connectivity index (χ2n) is 4.22. The third kappa shape index (κ3) is 4.42. The lowest BCUT2D eigenvalue weighted by Crippen LogP contribution is -2.38. The first-order valence-corrected chi connectivity index (χ1v) is 7.14. The molecule has 0 radical (unpaired) electrons. The molecule has 1 N–H and O–H groups in total. The van der Waals surface area contributed by atoms with E-state index in [4.69, 9.17) is 0 Å².